The fourth-order valence-electron chi connectivity index (χ4n) is 0.438. The van der Waals surface area contributed by atoms with Crippen molar-refractivity contribution >= 4 is 18.0 Å². The number of hydrogen-bond donors (Lipinski definition) is 0. The van der Waals surface area contributed by atoms with Crippen molar-refractivity contribution in [3.8, 4) is 0 Å². The van der Waals surface area contributed by atoms with Crippen LogP contribution in [0.4, 0.5) is 0 Å². The molecule has 1 unspecified atom stereocenters. The third kappa shape index (κ3) is 5.90. The topological polar surface area (TPSA) is 17.1 Å². The Morgan fingerprint density at radius 3 is 2.78 bits per heavy atom. The van der Waals surface area contributed by atoms with Crippen molar-refractivity contribution in [2.45, 2.75) is 20.3 Å². The molecule has 0 bridgehead atoms. The first kappa shape index (κ1) is 9.02. The molecule has 1 radical (unpaired) electrons. The molecule has 0 aliphatic heterocycles. The molecule has 0 heterocycles. The molecule has 0 spiro atoms. The Morgan fingerprint density at radius 1 is 1.67 bits per heavy atom. The molecule has 2 heteroatoms. The lowest BCUT2D eigenvalue weighted by Gasteiger charge is -1.99. The van der Waals surface area contributed by atoms with Gasteiger partial charge in [-0.25, -0.2) is 0 Å². The van der Waals surface area contributed by atoms with Crippen LogP contribution in [0.2, 0.25) is 0 Å². The molecule has 0 amide bonds. The van der Waals surface area contributed by atoms with Crippen LogP contribution in [0.15, 0.2) is 0 Å². The summed E-state index contributed by atoms with van der Waals surface area (Å²) in [6.07, 6.45) is 3.14. The van der Waals surface area contributed by atoms with E-state index in [0.29, 0.717) is 0 Å². The zero-order chi connectivity index (χ0) is 7.11. The van der Waals surface area contributed by atoms with Crippen LogP contribution in [-0.4, -0.2) is 17.8 Å². The van der Waals surface area contributed by atoms with Gasteiger partial charge in [-0.2, -0.15) is 11.8 Å². The van der Waals surface area contributed by atoms with Crippen LogP contribution in [0, 0.1) is 5.92 Å². The molecule has 0 rings (SSSR count). The first-order valence-corrected chi connectivity index (χ1v) is 4.42. The standard InChI is InChI=1S/C7H13OS/c1-3-4-9-6-7(2)5-8/h7H,3-4,6H2,1-2H3. The molecule has 1 atom stereocenters. The van der Waals surface area contributed by atoms with Gasteiger partial charge in [0.15, 0.2) is 0 Å². The van der Waals surface area contributed by atoms with Gasteiger partial charge in [-0.3, -0.25) is 4.79 Å². The Bertz CT molecular complexity index is 73.3. The molecule has 0 aromatic carbocycles. The summed E-state index contributed by atoms with van der Waals surface area (Å²) in [5.74, 6) is 2.20. The predicted molar refractivity (Wildman–Crippen MR) is 42.5 cm³/mol. The zero-order valence-corrected chi connectivity index (χ0v) is 6.83. The van der Waals surface area contributed by atoms with Crippen LogP contribution in [0.3, 0.4) is 0 Å². The quantitative estimate of drug-likeness (QED) is 0.549. The van der Waals surface area contributed by atoms with Crippen LogP contribution >= 0.6 is 11.8 Å². The van der Waals surface area contributed by atoms with E-state index >= 15 is 0 Å². The molecular formula is C7H13OS. The third-order valence-corrected chi connectivity index (χ3v) is 2.35. The second-order valence-electron chi connectivity index (χ2n) is 2.09. The van der Waals surface area contributed by atoms with Gasteiger partial charge in [0.2, 0.25) is 6.29 Å². The molecular weight excluding hydrogens is 132 g/mol. The molecule has 53 valence electrons. The SMILES string of the molecule is CCCSCC(C)[C]=O. The molecule has 0 aliphatic carbocycles. The van der Waals surface area contributed by atoms with Crippen molar-refractivity contribution in [1.29, 1.82) is 0 Å². The lowest BCUT2D eigenvalue weighted by Crippen LogP contribution is -1.98. The van der Waals surface area contributed by atoms with E-state index in [4.69, 9.17) is 0 Å². The minimum Gasteiger partial charge on any atom is -0.291 e. The van der Waals surface area contributed by atoms with E-state index in [1.54, 1.807) is 0 Å². The van der Waals surface area contributed by atoms with E-state index in [1.807, 2.05) is 25.0 Å². The zero-order valence-electron chi connectivity index (χ0n) is 6.02. The molecule has 0 fully saturated rings. The van der Waals surface area contributed by atoms with Crippen LogP contribution in [0.5, 0.6) is 0 Å². The van der Waals surface area contributed by atoms with Crippen molar-refractivity contribution < 1.29 is 4.79 Å². The van der Waals surface area contributed by atoms with Gasteiger partial charge in [0.05, 0.1) is 0 Å². The smallest absolute Gasteiger partial charge is 0.202 e. The fraction of sp³-hybridized carbons (Fsp3) is 0.857. The number of hydrogen-bond acceptors (Lipinski definition) is 2. The number of thioether (sulfide) groups is 1. The first-order valence-electron chi connectivity index (χ1n) is 3.26. The van der Waals surface area contributed by atoms with Crippen molar-refractivity contribution in [2.75, 3.05) is 11.5 Å². The first-order chi connectivity index (χ1) is 4.31. The minimum atomic E-state index is 0.113. The third-order valence-electron chi connectivity index (χ3n) is 0.917. The molecule has 0 aliphatic rings. The fourth-order valence-corrected chi connectivity index (χ4v) is 1.32. The molecule has 0 saturated heterocycles. The number of rotatable bonds is 5. The molecule has 0 N–H and O–H groups in total. The van der Waals surface area contributed by atoms with Gasteiger partial charge >= 0.3 is 0 Å². The summed E-state index contributed by atoms with van der Waals surface area (Å²) in [7, 11) is 0. The summed E-state index contributed by atoms with van der Waals surface area (Å²) < 4.78 is 0. The molecule has 0 saturated carbocycles. The Kier molecular flexibility index (Phi) is 6.16. The highest BCUT2D eigenvalue weighted by atomic mass is 32.2. The Hall–Kier alpha value is 0.0200. The van der Waals surface area contributed by atoms with E-state index < -0.39 is 0 Å². The summed E-state index contributed by atoms with van der Waals surface area (Å²) in [6.45, 7) is 4.04. The van der Waals surface area contributed by atoms with Gasteiger partial charge in [-0.05, 0) is 12.2 Å². The van der Waals surface area contributed by atoms with E-state index in [-0.39, 0.29) is 5.92 Å². The van der Waals surface area contributed by atoms with Gasteiger partial charge in [0, 0.05) is 11.7 Å². The largest absolute Gasteiger partial charge is 0.291 e. The van der Waals surface area contributed by atoms with E-state index in [2.05, 4.69) is 6.92 Å². The van der Waals surface area contributed by atoms with Crippen molar-refractivity contribution in [1.82, 2.24) is 0 Å². The second-order valence-corrected chi connectivity index (χ2v) is 3.24. The summed E-state index contributed by atoms with van der Waals surface area (Å²) in [5.41, 5.74) is 0. The van der Waals surface area contributed by atoms with E-state index in [0.717, 1.165) is 11.5 Å². The van der Waals surface area contributed by atoms with Gasteiger partial charge < -0.3 is 0 Å². The summed E-state index contributed by atoms with van der Waals surface area (Å²) >= 11 is 1.82. The van der Waals surface area contributed by atoms with Crippen LogP contribution in [-0.2, 0) is 4.79 Å². The van der Waals surface area contributed by atoms with Gasteiger partial charge in [0.25, 0.3) is 0 Å². The highest BCUT2D eigenvalue weighted by Crippen LogP contribution is 2.06. The highest BCUT2D eigenvalue weighted by Gasteiger charge is 1.98. The monoisotopic (exact) mass is 145 g/mol. The highest BCUT2D eigenvalue weighted by molar-refractivity contribution is 7.99. The van der Waals surface area contributed by atoms with Crippen LogP contribution < -0.4 is 0 Å². The predicted octanol–water partition coefficient (Wildman–Crippen LogP) is 1.88. The lowest BCUT2D eigenvalue weighted by molar-refractivity contribution is 0.538. The second kappa shape index (κ2) is 6.14. The molecule has 1 nitrogen and oxygen atoms in total. The summed E-state index contributed by atoms with van der Waals surface area (Å²) in [6, 6.07) is 0. The van der Waals surface area contributed by atoms with Gasteiger partial charge in [-0.15, -0.1) is 0 Å². The average molecular weight is 145 g/mol. The summed E-state index contributed by atoms with van der Waals surface area (Å²) in [4.78, 5) is 9.96. The Balaban J connectivity index is 2.96. The van der Waals surface area contributed by atoms with Gasteiger partial charge in [-0.1, -0.05) is 13.8 Å². The number of carbonyl (C=O) groups excluding carboxylic acids is 1. The normalized spacial score (nSPS) is 13.1. The maximum Gasteiger partial charge on any atom is 0.202 e. The lowest BCUT2D eigenvalue weighted by atomic mass is 10.3. The van der Waals surface area contributed by atoms with Crippen LogP contribution in [0.1, 0.15) is 20.3 Å². The Labute approximate surface area is 61.2 Å². The van der Waals surface area contributed by atoms with Crippen molar-refractivity contribution in [3.05, 3.63) is 0 Å². The maximum absolute atomic E-state index is 9.96. The Morgan fingerprint density at radius 2 is 2.33 bits per heavy atom. The average Bonchev–Trinajstić information content (AvgIpc) is 1.89. The molecule has 0 aromatic heterocycles. The van der Waals surface area contributed by atoms with Crippen molar-refractivity contribution in [2.24, 2.45) is 5.92 Å². The van der Waals surface area contributed by atoms with Crippen molar-refractivity contribution in [3.63, 3.8) is 0 Å². The van der Waals surface area contributed by atoms with Crippen LogP contribution in [0.25, 0.3) is 0 Å². The summed E-state index contributed by atoms with van der Waals surface area (Å²) in [5, 5.41) is 0. The molecule has 9 heavy (non-hydrogen) atoms. The molecule has 0 aromatic rings. The van der Waals surface area contributed by atoms with Gasteiger partial charge in [0.1, 0.15) is 0 Å². The maximum atomic E-state index is 9.96. The minimum absolute atomic E-state index is 0.113. The van der Waals surface area contributed by atoms with E-state index in [1.165, 1.54) is 6.42 Å². The van der Waals surface area contributed by atoms with E-state index in [9.17, 15) is 4.79 Å².